The van der Waals surface area contributed by atoms with E-state index in [-0.39, 0.29) is 0 Å². The maximum atomic E-state index is 3.67. The second kappa shape index (κ2) is 4.89. The van der Waals surface area contributed by atoms with Crippen molar-refractivity contribution >= 4 is 0 Å². The Morgan fingerprint density at radius 1 is 1.12 bits per heavy atom. The van der Waals surface area contributed by atoms with Crippen LogP contribution >= 0.6 is 0 Å². The van der Waals surface area contributed by atoms with E-state index in [2.05, 4.69) is 24.1 Å². The Morgan fingerprint density at radius 2 is 1.88 bits per heavy atom. The zero-order valence-electron chi connectivity index (χ0n) is 11.5. The summed E-state index contributed by atoms with van der Waals surface area (Å²) in [7, 11) is 0. The number of nitrogens with one attached hydrogen (secondary N) is 1. The van der Waals surface area contributed by atoms with E-state index in [4.69, 9.17) is 0 Å². The van der Waals surface area contributed by atoms with Crippen LogP contribution < -0.4 is 5.32 Å². The summed E-state index contributed by atoms with van der Waals surface area (Å²) < 4.78 is 0. The third-order valence-electron chi connectivity index (χ3n) is 5.17. The summed E-state index contributed by atoms with van der Waals surface area (Å²) in [5, 5.41) is 3.67. The Bertz CT molecular complexity index is 248. The standard InChI is InChI=1S/C15H28N2/c1-11(2)12-8-15(9-12)17(14-5-6-14)10-13-4-3-7-16-13/h11-16H,3-10H2,1-2H3. The molecule has 0 aromatic heterocycles. The molecule has 3 aliphatic rings. The van der Waals surface area contributed by atoms with Crippen molar-refractivity contribution in [3.05, 3.63) is 0 Å². The average Bonchev–Trinajstić information content (AvgIpc) is 2.93. The second-order valence-electron chi connectivity index (χ2n) is 6.85. The van der Waals surface area contributed by atoms with E-state index in [9.17, 15) is 0 Å². The second-order valence-corrected chi connectivity index (χ2v) is 6.85. The molecule has 0 amide bonds. The minimum absolute atomic E-state index is 0.800. The molecule has 1 atom stereocenters. The highest BCUT2D eigenvalue weighted by Crippen LogP contribution is 2.41. The van der Waals surface area contributed by atoms with E-state index in [1.54, 1.807) is 0 Å². The lowest BCUT2D eigenvalue weighted by Crippen LogP contribution is -2.51. The first-order valence-corrected chi connectivity index (χ1v) is 7.73. The van der Waals surface area contributed by atoms with Gasteiger partial charge >= 0.3 is 0 Å². The summed E-state index contributed by atoms with van der Waals surface area (Å²) in [6.07, 6.45) is 8.68. The van der Waals surface area contributed by atoms with Gasteiger partial charge in [-0.3, -0.25) is 4.90 Å². The van der Waals surface area contributed by atoms with Gasteiger partial charge in [-0.15, -0.1) is 0 Å². The SMILES string of the molecule is CC(C)C1CC(N(CC2CCCN2)C2CC2)C1. The number of hydrogen-bond donors (Lipinski definition) is 1. The Kier molecular flexibility index (Phi) is 3.45. The third kappa shape index (κ3) is 2.68. The van der Waals surface area contributed by atoms with Crippen LogP contribution in [0.25, 0.3) is 0 Å². The van der Waals surface area contributed by atoms with E-state index in [0.717, 1.165) is 30.0 Å². The molecular formula is C15H28N2. The van der Waals surface area contributed by atoms with Crippen LogP contribution in [0.5, 0.6) is 0 Å². The Balaban J connectivity index is 1.50. The topological polar surface area (TPSA) is 15.3 Å². The summed E-state index contributed by atoms with van der Waals surface area (Å²) in [4.78, 5) is 2.86. The lowest BCUT2D eigenvalue weighted by molar-refractivity contribution is 0.0439. The molecule has 0 spiro atoms. The van der Waals surface area contributed by atoms with Crippen LogP contribution in [-0.4, -0.2) is 36.1 Å². The number of nitrogens with zero attached hydrogens (tertiary/aromatic N) is 1. The van der Waals surface area contributed by atoms with Gasteiger partial charge in [0.1, 0.15) is 0 Å². The molecule has 3 rings (SSSR count). The summed E-state index contributed by atoms with van der Waals surface area (Å²) >= 11 is 0. The highest BCUT2D eigenvalue weighted by atomic mass is 15.2. The fraction of sp³-hybridized carbons (Fsp3) is 1.00. The fourth-order valence-electron chi connectivity index (χ4n) is 3.61. The van der Waals surface area contributed by atoms with Gasteiger partial charge in [-0.2, -0.15) is 0 Å². The molecule has 2 saturated carbocycles. The van der Waals surface area contributed by atoms with Crippen molar-refractivity contribution in [2.24, 2.45) is 11.8 Å². The predicted molar refractivity (Wildman–Crippen MR) is 72.1 cm³/mol. The van der Waals surface area contributed by atoms with Gasteiger partial charge in [0.05, 0.1) is 0 Å². The molecule has 2 aliphatic carbocycles. The van der Waals surface area contributed by atoms with Gasteiger partial charge in [0, 0.05) is 24.7 Å². The van der Waals surface area contributed by atoms with Crippen LogP contribution in [0.1, 0.15) is 52.4 Å². The third-order valence-corrected chi connectivity index (χ3v) is 5.17. The molecule has 3 fully saturated rings. The molecule has 98 valence electrons. The molecule has 2 nitrogen and oxygen atoms in total. The van der Waals surface area contributed by atoms with E-state index in [1.807, 2.05) is 0 Å². The maximum absolute atomic E-state index is 3.67. The first-order valence-electron chi connectivity index (χ1n) is 7.73. The van der Waals surface area contributed by atoms with Crippen molar-refractivity contribution in [1.82, 2.24) is 10.2 Å². The molecule has 0 aromatic rings. The normalized spacial score (nSPS) is 37.8. The molecule has 1 unspecified atom stereocenters. The van der Waals surface area contributed by atoms with Crippen molar-refractivity contribution in [2.45, 2.75) is 70.5 Å². The summed E-state index contributed by atoms with van der Waals surface area (Å²) in [5.41, 5.74) is 0. The molecule has 1 saturated heterocycles. The van der Waals surface area contributed by atoms with Gasteiger partial charge in [-0.25, -0.2) is 0 Å². The molecule has 17 heavy (non-hydrogen) atoms. The van der Waals surface area contributed by atoms with Gasteiger partial charge in [0.15, 0.2) is 0 Å². The Labute approximate surface area is 106 Å². The van der Waals surface area contributed by atoms with Crippen LogP contribution in [0.3, 0.4) is 0 Å². The fourth-order valence-corrected chi connectivity index (χ4v) is 3.61. The van der Waals surface area contributed by atoms with Crippen LogP contribution in [0.15, 0.2) is 0 Å². The lowest BCUT2D eigenvalue weighted by Gasteiger charge is -2.46. The van der Waals surface area contributed by atoms with Gasteiger partial charge in [0.25, 0.3) is 0 Å². The zero-order chi connectivity index (χ0) is 11.8. The summed E-state index contributed by atoms with van der Waals surface area (Å²) in [5.74, 6) is 1.91. The molecule has 0 aromatic carbocycles. The van der Waals surface area contributed by atoms with Crippen LogP contribution in [-0.2, 0) is 0 Å². The van der Waals surface area contributed by atoms with E-state index in [0.29, 0.717) is 0 Å². The van der Waals surface area contributed by atoms with Gasteiger partial charge < -0.3 is 5.32 Å². The minimum atomic E-state index is 0.800. The summed E-state index contributed by atoms with van der Waals surface area (Å²) in [6, 6.07) is 2.68. The zero-order valence-corrected chi connectivity index (χ0v) is 11.5. The highest BCUT2D eigenvalue weighted by Gasteiger charge is 2.42. The molecule has 1 N–H and O–H groups in total. The van der Waals surface area contributed by atoms with Crippen molar-refractivity contribution in [1.29, 1.82) is 0 Å². The maximum Gasteiger partial charge on any atom is 0.0195 e. The van der Waals surface area contributed by atoms with Crippen molar-refractivity contribution in [3.8, 4) is 0 Å². The number of rotatable bonds is 5. The average molecular weight is 236 g/mol. The largest absolute Gasteiger partial charge is 0.313 e. The first kappa shape index (κ1) is 12.0. The molecule has 1 heterocycles. The smallest absolute Gasteiger partial charge is 0.0195 e. The van der Waals surface area contributed by atoms with E-state index < -0.39 is 0 Å². The van der Waals surface area contributed by atoms with E-state index in [1.165, 1.54) is 51.6 Å². The van der Waals surface area contributed by atoms with Crippen molar-refractivity contribution < 1.29 is 0 Å². The monoisotopic (exact) mass is 236 g/mol. The number of hydrogen-bond acceptors (Lipinski definition) is 2. The quantitative estimate of drug-likeness (QED) is 0.789. The Morgan fingerprint density at radius 3 is 2.41 bits per heavy atom. The van der Waals surface area contributed by atoms with E-state index >= 15 is 0 Å². The highest BCUT2D eigenvalue weighted by molar-refractivity contribution is 4.97. The molecule has 2 heteroatoms. The Hall–Kier alpha value is -0.0800. The molecular weight excluding hydrogens is 208 g/mol. The van der Waals surface area contributed by atoms with Crippen molar-refractivity contribution in [2.75, 3.05) is 13.1 Å². The minimum Gasteiger partial charge on any atom is -0.313 e. The molecule has 1 aliphatic heterocycles. The van der Waals surface area contributed by atoms with Crippen molar-refractivity contribution in [3.63, 3.8) is 0 Å². The van der Waals surface area contributed by atoms with Crippen LogP contribution in [0.2, 0.25) is 0 Å². The lowest BCUT2D eigenvalue weighted by atomic mass is 9.73. The molecule has 0 bridgehead atoms. The first-order chi connectivity index (χ1) is 8.24. The van der Waals surface area contributed by atoms with Crippen LogP contribution in [0.4, 0.5) is 0 Å². The predicted octanol–water partition coefficient (Wildman–Crippen LogP) is 2.64. The van der Waals surface area contributed by atoms with Gasteiger partial charge in [-0.1, -0.05) is 13.8 Å². The van der Waals surface area contributed by atoms with Gasteiger partial charge in [0.2, 0.25) is 0 Å². The van der Waals surface area contributed by atoms with Gasteiger partial charge in [-0.05, 0) is 56.9 Å². The van der Waals surface area contributed by atoms with Crippen LogP contribution in [0, 0.1) is 11.8 Å². The molecule has 0 radical (unpaired) electrons. The summed E-state index contributed by atoms with van der Waals surface area (Å²) in [6.45, 7) is 7.37.